The molecule has 4 heteroatoms. The van der Waals surface area contributed by atoms with E-state index in [2.05, 4.69) is 11.0 Å². The second-order valence-corrected chi connectivity index (χ2v) is 4.38. The molecule has 1 aliphatic rings. The van der Waals surface area contributed by atoms with Crippen molar-refractivity contribution in [2.45, 2.75) is 6.42 Å². The molecular formula is C13H20N2O2. The zero-order valence-electron chi connectivity index (χ0n) is 10.5. The number of hydrogen-bond donors (Lipinski definition) is 1. The maximum Gasteiger partial charge on any atom is 0.162 e. The molecule has 1 unspecified atom stereocenters. The first-order valence-electron chi connectivity index (χ1n) is 5.95. The first kappa shape index (κ1) is 12.0. The second-order valence-electron chi connectivity index (χ2n) is 4.38. The molecule has 0 amide bonds. The maximum atomic E-state index is 5.70. The van der Waals surface area contributed by atoms with Gasteiger partial charge >= 0.3 is 0 Å². The quantitative estimate of drug-likeness (QED) is 0.860. The molecule has 0 spiro atoms. The van der Waals surface area contributed by atoms with E-state index < -0.39 is 0 Å². The number of benzene rings is 1. The number of ether oxygens (including phenoxy) is 2. The zero-order chi connectivity index (χ0) is 12.3. The lowest BCUT2D eigenvalue weighted by molar-refractivity contribution is 0.355. The van der Waals surface area contributed by atoms with Crippen molar-refractivity contribution in [1.82, 2.24) is 0 Å². The molecule has 1 aromatic rings. The summed E-state index contributed by atoms with van der Waals surface area (Å²) in [5.41, 5.74) is 6.88. The average molecular weight is 236 g/mol. The molecule has 0 radical (unpaired) electrons. The van der Waals surface area contributed by atoms with E-state index in [0.29, 0.717) is 5.92 Å². The molecule has 1 saturated heterocycles. The summed E-state index contributed by atoms with van der Waals surface area (Å²) in [6.45, 7) is 2.87. The summed E-state index contributed by atoms with van der Waals surface area (Å²) >= 11 is 0. The van der Waals surface area contributed by atoms with Crippen molar-refractivity contribution >= 4 is 5.69 Å². The minimum absolute atomic E-state index is 0.614. The predicted octanol–water partition coefficient (Wildman–Crippen LogP) is 1.49. The highest BCUT2D eigenvalue weighted by atomic mass is 16.5. The number of rotatable bonds is 4. The van der Waals surface area contributed by atoms with E-state index in [1.807, 2.05) is 12.1 Å². The fourth-order valence-electron chi connectivity index (χ4n) is 2.28. The fourth-order valence-corrected chi connectivity index (χ4v) is 2.28. The lowest BCUT2D eigenvalue weighted by Crippen LogP contribution is -2.22. The molecule has 2 N–H and O–H groups in total. The highest BCUT2D eigenvalue weighted by Crippen LogP contribution is 2.33. The van der Waals surface area contributed by atoms with Crippen molar-refractivity contribution in [2.24, 2.45) is 11.7 Å². The van der Waals surface area contributed by atoms with Crippen LogP contribution in [0.4, 0.5) is 5.69 Å². The van der Waals surface area contributed by atoms with Crippen LogP contribution in [-0.2, 0) is 0 Å². The highest BCUT2D eigenvalue weighted by molar-refractivity contribution is 5.56. The fraction of sp³-hybridized carbons (Fsp3) is 0.538. The Kier molecular flexibility index (Phi) is 3.74. The molecule has 94 valence electrons. The van der Waals surface area contributed by atoms with E-state index in [9.17, 15) is 0 Å². The van der Waals surface area contributed by atoms with Crippen LogP contribution >= 0.6 is 0 Å². The van der Waals surface area contributed by atoms with Gasteiger partial charge in [-0.15, -0.1) is 0 Å². The van der Waals surface area contributed by atoms with Crippen molar-refractivity contribution in [1.29, 1.82) is 0 Å². The van der Waals surface area contributed by atoms with E-state index in [0.717, 1.165) is 31.1 Å². The number of nitrogens with zero attached hydrogens (tertiary/aromatic N) is 1. The van der Waals surface area contributed by atoms with E-state index in [1.54, 1.807) is 14.2 Å². The number of methoxy groups -OCH3 is 2. The van der Waals surface area contributed by atoms with Crippen LogP contribution in [0, 0.1) is 5.92 Å². The average Bonchev–Trinajstić information content (AvgIpc) is 2.86. The Balaban J connectivity index is 2.16. The maximum absolute atomic E-state index is 5.70. The van der Waals surface area contributed by atoms with Crippen LogP contribution in [0.2, 0.25) is 0 Å². The van der Waals surface area contributed by atoms with Crippen molar-refractivity contribution in [2.75, 3.05) is 38.8 Å². The van der Waals surface area contributed by atoms with Gasteiger partial charge in [-0.1, -0.05) is 0 Å². The van der Waals surface area contributed by atoms with Crippen molar-refractivity contribution in [3.05, 3.63) is 18.2 Å². The summed E-state index contributed by atoms with van der Waals surface area (Å²) < 4.78 is 10.5. The molecule has 2 rings (SSSR count). The topological polar surface area (TPSA) is 47.7 Å². The summed E-state index contributed by atoms with van der Waals surface area (Å²) in [4.78, 5) is 2.35. The first-order valence-corrected chi connectivity index (χ1v) is 5.95. The first-order chi connectivity index (χ1) is 8.28. The smallest absolute Gasteiger partial charge is 0.162 e. The molecule has 1 heterocycles. The third kappa shape index (κ3) is 2.47. The van der Waals surface area contributed by atoms with Gasteiger partial charge in [-0.05, 0) is 31.0 Å². The highest BCUT2D eigenvalue weighted by Gasteiger charge is 2.22. The minimum atomic E-state index is 0.614. The number of anilines is 1. The van der Waals surface area contributed by atoms with Gasteiger partial charge in [0.1, 0.15) is 0 Å². The lowest BCUT2D eigenvalue weighted by atomic mass is 10.1. The van der Waals surface area contributed by atoms with Gasteiger partial charge < -0.3 is 20.1 Å². The van der Waals surface area contributed by atoms with Crippen LogP contribution < -0.4 is 20.1 Å². The Labute approximate surface area is 102 Å². The summed E-state index contributed by atoms with van der Waals surface area (Å²) in [5.74, 6) is 2.16. The van der Waals surface area contributed by atoms with Crippen LogP contribution in [0.25, 0.3) is 0 Å². The van der Waals surface area contributed by atoms with E-state index in [-0.39, 0.29) is 0 Å². The third-order valence-electron chi connectivity index (χ3n) is 3.35. The molecule has 0 bridgehead atoms. The van der Waals surface area contributed by atoms with Crippen molar-refractivity contribution < 1.29 is 9.47 Å². The second kappa shape index (κ2) is 5.27. The molecule has 0 aliphatic carbocycles. The molecule has 0 aromatic heterocycles. The Morgan fingerprint density at radius 2 is 2.06 bits per heavy atom. The van der Waals surface area contributed by atoms with Gasteiger partial charge in [0.25, 0.3) is 0 Å². The monoisotopic (exact) mass is 236 g/mol. The van der Waals surface area contributed by atoms with Gasteiger partial charge in [-0.3, -0.25) is 0 Å². The largest absolute Gasteiger partial charge is 0.493 e. The molecule has 17 heavy (non-hydrogen) atoms. The minimum Gasteiger partial charge on any atom is -0.493 e. The summed E-state index contributed by atoms with van der Waals surface area (Å²) in [6, 6.07) is 6.04. The van der Waals surface area contributed by atoms with Gasteiger partial charge in [0.05, 0.1) is 14.2 Å². The third-order valence-corrected chi connectivity index (χ3v) is 3.35. The Morgan fingerprint density at radius 3 is 2.65 bits per heavy atom. The van der Waals surface area contributed by atoms with E-state index in [1.165, 1.54) is 12.1 Å². The van der Waals surface area contributed by atoms with Crippen LogP contribution in [-0.4, -0.2) is 33.9 Å². The van der Waals surface area contributed by atoms with Gasteiger partial charge in [-0.25, -0.2) is 0 Å². The van der Waals surface area contributed by atoms with Crippen molar-refractivity contribution in [3.63, 3.8) is 0 Å². The van der Waals surface area contributed by atoms with Crippen LogP contribution in [0.15, 0.2) is 18.2 Å². The zero-order valence-corrected chi connectivity index (χ0v) is 10.5. The Bertz CT molecular complexity index is 382. The lowest BCUT2D eigenvalue weighted by Gasteiger charge is -2.20. The van der Waals surface area contributed by atoms with Crippen molar-refractivity contribution in [3.8, 4) is 11.5 Å². The van der Waals surface area contributed by atoms with Gasteiger partial charge in [0, 0.05) is 24.8 Å². The van der Waals surface area contributed by atoms with Crippen LogP contribution in [0.3, 0.4) is 0 Å². The standard InChI is InChI=1S/C13H20N2O2/c1-16-12-4-3-11(7-13(12)17-2)15-6-5-10(8-14)9-15/h3-4,7,10H,5-6,8-9,14H2,1-2H3. The van der Waals surface area contributed by atoms with Gasteiger partial charge in [0.2, 0.25) is 0 Å². The normalized spacial score (nSPS) is 19.5. The Hall–Kier alpha value is -1.42. The van der Waals surface area contributed by atoms with Crippen LogP contribution in [0.5, 0.6) is 11.5 Å². The summed E-state index contributed by atoms with van der Waals surface area (Å²) in [6.07, 6.45) is 1.17. The molecule has 1 aromatic carbocycles. The Morgan fingerprint density at radius 1 is 1.29 bits per heavy atom. The molecule has 1 atom stereocenters. The molecular weight excluding hydrogens is 216 g/mol. The molecule has 1 fully saturated rings. The molecule has 4 nitrogen and oxygen atoms in total. The van der Waals surface area contributed by atoms with Crippen LogP contribution in [0.1, 0.15) is 6.42 Å². The molecule has 0 saturated carbocycles. The summed E-state index contributed by atoms with van der Waals surface area (Å²) in [5, 5.41) is 0. The SMILES string of the molecule is COc1ccc(N2CCC(CN)C2)cc1OC. The number of hydrogen-bond acceptors (Lipinski definition) is 4. The van der Waals surface area contributed by atoms with E-state index >= 15 is 0 Å². The number of nitrogens with two attached hydrogens (primary N) is 1. The predicted molar refractivity (Wildman–Crippen MR) is 68.9 cm³/mol. The van der Waals surface area contributed by atoms with Gasteiger partial charge in [-0.2, -0.15) is 0 Å². The molecule has 1 aliphatic heterocycles. The van der Waals surface area contributed by atoms with Gasteiger partial charge in [0.15, 0.2) is 11.5 Å². The van der Waals surface area contributed by atoms with E-state index in [4.69, 9.17) is 15.2 Å². The summed E-state index contributed by atoms with van der Waals surface area (Å²) in [7, 11) is 3.31.